The number of benzene rings is 1. The van der Waals surface area contributed by atoms with Crippen molar-refractivity contribution in [1.29, 1.82) is 0 Å². The number of carbonyl (C=O) groups excluding carboxylic acids is 6. The third kappa shape index (κ3) is 24.6. The summed E-state index contributed by atoms with van der Waals surface area (Å²) in [6.07, 6.45) is 11.5. The first-order valence-corrected chi connectivity index (χ1v) is 22.5. The largest absolute Gasteiger partial charge is 0.462 e. The SMILES string of the molecule is CC(CS[C@@H](N)CCCCC(=O)NCCCCCC=O)NC=O.NCCCCC(NC(=O)c1ccc(N)cc1)C(=O)OCCNC(=O)C1CCC(S(N)(=O)=O)CC1. The van der Waals surface area contributed by atoms with E-state index in [4.69, 9.17) is 27.1 Å². The van der Waals surface area contributed by atoms with E-state index in [-0.39, 0.29) is 42.3 Å². The Balaban J connectivity index is 0.000000618. The van der Waals surface area contributed by atoms with Gasteiger partial charge in [0.25, 0.3) is 5.91 Å². The molecule has 1 aliphatic rings. The number of aldehydes is 1. The van der Waals surface area contributed by atoms with E-state index in [1.54, 1.807) is 36.0 Å². The number of thioether (sulfide) groups is 1. The zero-order chi connectivity index (χ0) is 42.5. The fraction of sp³-hybridized carbons (Fsp3) is 0.684. The molecule has 12 N–H and O–H groups in total. The van der Waals surface area contributed by atoms with Gasteiger partial charge in [-0.15, -0.1) is 11.8 Å². The van der Waals surface area contributed by atoms with Crippen LogP contribution in [0.25, 0.3) is 0 Å². The zero-order valence-electron chi connectivity index (χ0n) is 33.3. The molecule has 0 spiro atoms. The molecule has 3 atom stereocenters. The summed E-state index contributed by atoms with van der Waals surface area (Å²) in [7, 11) is -3.58. The number of hydrogen-bond acceptors (Lipinski definition) is 13. The van der Waals surface area contributed by atoms with Gasteiger partial charge in [-0.25, -0.2) is 18.4 Å². The lowest BCUT2D eigenvalue weighted by atomic mass is 9.88. The van der Waals surface area contributed by atoms with E-state index in [9.17, 15) is 37.2 Å². The molecule has 2 unspecified atom stereocenters. The van der Waals surface area contributed by atoms with Gasteiger partial charge in [0.2, 0.25) is 28.2 Å². The number of hydrogen-bond donors (Lipinski definition) is 8. The maximum atomic E-state index is 12.6. The number of rotatable bonds is 28. The quantitative estimate of drug-likeness (QED) is 0.0196. The average molecular weight is 843 g/mol. The number of anilines is 1. The number of carbonyl (C=O) groups is 6. The summed E-state index contributed by atoms with van der Waals surface area (Å²) in [6.45, 7) is 3.16. The Labute approximate surface area is 342 Å². The number of amides is 4. The monoisotopic (exact) mass is 842 g/mol. The average Bonchev–Trinajstić information content (AvgIpc) is 3.18. The highest BCUT2D eigenvalue weighted by atomic mass is 32.2. The van der Waals surface area contributed by atoms with E-state index < -0.39 is 33.2 Å². The van der Waals surface area contributed by atoms with Gasteiger partial charge in [0.15, 0.2) is 0 Å². The van der Waals surface area contributed by atoms with Gasteiger partial charge in [-0.05, 0) is 108 Å². The van der Waals surface area contributed by atoms with Gasteiger partial charge in [-0.1, -0.05) is 12.8 Å². The van der Waals surface area contributed by atoms with Crippen molar-refractivity contribution in [3.05, 3.63) is 29.8 Å². The lowest BCUT2D eigenvalue weighted by molar-refractivity contribution is -0.146. The van der Waals surface area contributed by atoms with Crippen molar-refractivity contribution in [3.8, 4) is 0 Å². The molecule has 324 valence electrons. The van der Waals surface area contributed by atoms with Crippen LogP contribution in [0.3, 0.4) is 0 Å². The van der Waals surface area contributed by atoms with Crippen LogP contribution in [0.15, 0.2) is 24.3 Å². The second kappa shape index (κ2) is 30.3. The fourth-order valence-corrected chi connectivity index (χ4v) is 7.73. The Bertz CT molecular complexity index is 1450. The van der Waals surface area contributed by atoms with E-state index in [1.807, 2.05) is 6.92 Å². The van der Waals surface area contributed by atoms with Crippen molar-refractivity contribution in [2.75, 3.05) is 37.7 Å². The first-order valence-electron chi connectivity index (χ1n) is 19.8. The van der Waals surface area contributed by atoms with Gasteiger partial charge in [0.1, 0.15) is 18.9 Å². The molecule has 1 aliphatic carbocycles. The molecule has 1 aromatic carbocycles. The van der Waals surface area contributed by atoms with Crippen LogP contribution in [-0.2, 0) is 38.7 Å². The molecule has 0 aliphatic heterocycles. The first-order chi connectivity index (χ1) is 27.2. The van der Waals surface area contributed by atoms with E-state index in [0.717, 1.165) is 50.6 Å². The van der Waals surface area contributed by atoms with E-state index in [0.29, 0.717) is 88.5 Å². The first kappa shape index (κ1) is 51.2. The summed E-state index contributed by atoms with van der Waals surface area (Å²) in [5.74, 6) is -0.631. The van der Waals surface area contributed by atoms with Gasteiger partial charge < -0.3 is 48.0 Å². The molecule has 1 fully saturated rings. The predicted molar refractivity (Wildman–Crippen MR) is 223 cm³/mol. The van der Waals surface area contributed by atoms with Crippen molar-refractivity contribution in [1.82, 2.24) is 21.3 Å². The minimum Gasteiger partial charge on any atom is -0.462 e. The molecule has 0 aromatic heterocycles. The molecule has 0 heterocycles. The molecule has 2 rings (SSSR count). The van der Waals surface area contributed by atoms with E-state index >= 15 is 0 Å². The summed E-state index contributed by atoms with van der Waals surface area (Å²) >= 11 is 1.64. The third-order valence-electron chi connectivity index (χ3n) is 9.24. The highest BCUT2D eigenvalue weighted by molar-refractivity contribution is 7.99. The normalized spacial score (nSPS) is 16.7. The summed E-state index contributed by atoms with van der Waals surface area (Å²) in [6, 6.07) is 5.61. The molecule has 0 saturated heterocycles. The number of ether oxygens (including phenoxy) is 1. The molecule has 0 bridgehead atoms. The number of esters is 1. The second-order valence-electron chi connectivity index (χ2n) is 14.1. The number of primary sulfonamides is 1. The highest BCUT2D eigenvalue weighted by Gasteiger charge is 2.31. The second-order valence-corrected chi connectivity index (χ2v) is 17.2. The lowest BCUT2D eigenvalue weighted by Crippen LogP contribution is -2.43. The summed E-state index contributed by atoms with van der Waals surface area (Å²) in [4.78, 5) is 69.4. The topological polar surface area (TPSA) is 298 Å². The maximum Gasteiger partial charge on any atom is 0.328 e. The standard InChI is InChI=1S/C22H35N5O6S.C16H31N3O3S/c23-12-2-1-3-19(27-21(29)16-4-8-17(24)9-5-16)22(30)33-14-13-26-20(28)15-6-10-18(11-7-15)34(25,31)32;1-14(19-13-21)12-23-15(17)8-4-5-9-16(22)18-10-6-2-3-7-11-20/h4-5,8-9,15,18-19H,1-3,6-7,10-14,23-24H2,(H,26,28)(H,27,29)(H2,25,31,32);11,13-15H,2-10,12,17H2,1H3,(H,18,22)(H,19,21)/t;14?,15-/m.1/s1. The predicted octanol–water partition coefficient (Wildman–Crippen LogP) is 1.58. The third-order valence-corrected chi connectivity index (χ3v) is 12.0. The van der Waals surface area contributed by atoms with Crippen molar-refractivity contribution in [3.63, 3.8) is 0 Å². The lowest BCUT2D eigenvalue weighted by Gasteiger charge is -2.26. The van der Waals surface area contributed by atoms with Crippen molar-refractivity contribution in [2.24, 2.45) is 22.5 Å². The van der Waals surface area contributed by atoms with Crippen LogP contribution < -0.4 is 43.6 Å². The molecule has 17 nitrogen and oxygen atoms in total. The molecular weight excluding hydrogens is 777 g/mol. The Morgan fingerprint density at radius 1 is 0.912 bits per heavy atom. The number of unbranched alkanes of at least 4 members (excludes halogenated alkanes) is 5. The summed E-state index contributed by atoms with van der Waals surface area (Å²) in [5.41, 5.74) is 18.1. The smallest absolute Gasteiger partial charge is 0.328 e. The van der Waals surface area contributed by atoms with Crippen molar-refractivity contribution < 1.29 is 41.9 Å². The molecule has 4 amide bonds. The zero-order valence-corrected chi connectivity index (χ0v) is 34.9. The van der Waals surface area contributed by atoms with Gasteiger partial charge in [-0.3, -0.25) is 19.2 Å². The number of sulfonamides is 1. The van der Waals surface area contributed by atoms with Gasteiger partial charge >= 0.3 is 5.97 Å². The van der Waals surface area contributed by atoms with Crippen LogP contribution in [0.2, 0.25) is 0 Å². The molecule has 1 saturated carbocycles. The molecule has 19 heteroatoms. The van der Waals surface area contributed by atoms with Gasteiger partial charge in [0, 0.05) is 48.3 Å². The molecule has 57 heavy (non-hydrogen) atoms. The number of nitrogens with two attached hydrogens (primary N) is 4. The van der Waals surface area contributed by atoms with E-state index in [1.165, 1.54) is 0 Å². The van der Waals surface area contributed by atoms with Crippen LogP contribution >= 0.6 is 11.8 Å². The van der Waals surface area contributed by atoms with Crippen LogP contribution in [0.1, 0.15) is 114 Å². The summed E-state index contributed by atoms with van der Waals surface area (Å²) in [5, 5.41) is 15.6. The van der Waals surface area contributed by atoms with Crippen molar-refractivity contribution in [2.45, 2.75) is 126 Å². The molecule has 1 aromatic rings. The van der Waals surface area contributed by atoms with Crippen LogP contribution in [0, 0.1) is 5.92 Å². The number of nitrogen functional groups attached to an aromatic ring is 1. The Morgan fingerprint density at radius 3 is 2.23 bits per heavy atom. The van der Waals surface area contributed by atoms with Gasteiger partial charge in [0.05, 0.1) is 17.2 Å². The Morgan fingerprint density at radius 2 is 1.60 bits per heavy atom. The minimum absolute atomic E-state index is 0.0479. The van der Waals surface area contributed by atoms with E-state index in [2.05, 4.69) is 21.3 Å². The van der Waals surface area contributed by atoms with Crippen molar-refractivity contribution >= 4 is 63.9 Å². The fourth-order valence-electron chi connectivity index (χ4n) is 5.83. The molecule has 0 radical (unpaired) electrons. The maximum absolute atomic E-state index is 12.6. The van der Waals surface area contributed by atoms with Crippen LogP contribution in [0.5, 0.6) is 0 Å². The Hall–Kier alpha value is -3.78. The Kier molecular flexibility index (Phi) is 27.3. The molecular formula is C38H66N8O9S2. The number of nitrogens with one attached hydrogen (secondary N) is 4. The highest BCUT2D eigenvalue weighted by Crippen LogP contribution is 2.27. The van der Waals surface area contributed by atoms with Crippen LogP contribution in [-0.4, -0.2) is 99.5 Å². The van der Waals surface area contributed by atoms with Gasteiger partial charge in [-0.2, -0.15) is 0 Å². The summed E-state index contributed by atoms with van der Waals surface area (Å²) < 4.78 is 28.1. The van der Waals surface area contributed by atoms with Crippen LogP contribution in [0.4, 0.5) is 5.69 Å². The minimum atomic E-state index is -3.58.